The minimum atomic E-state index is -0.453. The minimum absolute atomic E-state index is 0.0139. The second-order valence-electron chi connectivity index (χ2n) is 2.45. The van der Waals surface area contributed by atoms with Crippen LogP contribution in [0.1, 0.15) is 22.1 Å². The molecular formula is C6H12O2. The van der Waals surface area contributed by atoms with Crippen LogP contribution in [-0.4, -0.2) is 18.5 Å². The van der Waals surface area contributed by atoms with Crippen LogP contribution in [0.5, 0.6) is 0 Å². The first kappa shape index (κ1) is 4.77. The van der Waals surface area contributed by atoms with Gasteiger partial charge in [-0.2, -0.15) is 0 Å². The molecule has 1 aliphatic heterocycles. The summed E-state index contributed by atoms with van der Waals surface area (Å²) in [5, 5.41) is 0. The van der Waals surface area contributed by atoms with Crippen LogP contribution >= 0.6 is 0 Å². The molecule has 2 nitrogen and oxygen atoms in total. The third-order valence-corrected chi connectivity index (χ3v) is 1.07. The first-order chi connectivity index (χ1) is 4.14. The summed E-state index contributed by atoms with van der Waals surface area (Å²) in [6.45, 7) is 4.59. The summed E-state index contributed by atoms with van der Waals surface area (Å²) in [4.78, 5) is 0. The SMILES string of the molecule is [2H]CC1COC(C)(C)O1. The van der Waals surface area contributed by atoms with E-state index in [1.807, 2.05) is 13.8 Å². The highest BCUT2D eigenvalue weighted by Crippen LogP contribution is 2.21. The molecule has 0 aromatic heterocycles. The van der Waals surface area contributed by atoms with Gasteiger partial charge in [-0.05, 0) is 20.7 Å². The van der Waals surface area contributed by atoms with Crippen LogP contribution in [0.25, 0.3) is 0 Å². The Morgan fingerprint density at radius 1 is 1.75 bits per heavy atom. The van der Waals surface area contributed by atoms with E-state index in [1.54, 1.807) is 0 Å². The maximum absolute atomic E-state index is 6.97. The van der Waals surface area contributed by atoms with Gasteiger partial charge in [0.2, 0.25) is 0 Å². The number of ether oxygens (including phenoxy) is 2. The predicted octanol–water partition coefficient (Wildman–Crippen LogP) is 1.16. The number of rotatable bonds is 0. The zero-order valence-corrected chi connectivity index (χ0v) is 5.31. The first-order valence-corrected chi connectivity index (χ1v) is 2.75. The van der Waals surface area contributed by atoms with E-state index in [4.69, 9.17) is 10.8 Å². The van der Waals surface area contributed by atoms with Gasteiger partial charge in [0.15, 0.2) is 5.79 Å². The molecule has 1 atom stereocenters. The van der Waals surface area contributed by atoms with Crippen molar-refractivity contribution in [1.82, 2.24) is 0 Å². The van der Waals surface area contributed by atoms with E-state index < -0.39 is 5.79 Å². The highest BCUT2D eigenvalue weighted by atomic mass is 16.7. The lowest BCUT2D eigenvalue weighted by molar-refractivity contribution is -0.136. The Morgan fingerprint density at radius 2 is 2.50 bits per heavy atom. The third-order valence-electron chi connectivity index (χ3n) is 1.07. The van der Waals surface area contributed by atoms with Gasteiger partial charge >= 0.3 is 0 Å². The van der Waals surface area contributed by atoms with Crippen LogP contribution in [0, 0.1) is 0 Å². The summed E-state index contributed by atoms with van der Waals surface area (Å²) in [5.41, 5.74) is 0. The van der Waals surface area contributed by atoms with Gasteiger partial charge in [0, 0.05) is 1.37 Å². The minimum Gasteiger partial charge on any atom is -0.348 e. The lowest BCUT2D eigenvalue weighted by Gasteiger charge is -2.15. The maximum atomic E-state index is 6.97. The monoisotopic (exact) mass is 117 g/mol. The van der Waals surface area contributed by atoms with Gasteiger partial charge in [-0.1, -0.05) is 0 Å². The van der Waals surface area contributed by atoms with Crippen molar-refractivity contribution >= 4 is 0 Å². The predicted molar refractivity (Wildman–Crippen MR) is 30.6 cm³/mol. The summed E-state index contributed by atoms with van der Waals surface area (Å²) < 4.78 is 17.5. The normalized spacial score (nSPS) is 37.2. The Hall–Kier alpha value is -0.0800. The van der Waals surface area contributed by atoms with Crippen LogP contribution in [0.4, 0.5) is 0 Å². The molecule has 0 aromatic carbocycles. The molecule has 8 heavy (non-hydrogen) atoms. The molecule has 0 spiro atoms. The molecule has 0 radical (unpaired) electrons. The molecule has 2 heteroatoms. The molecule has 1 unspecified atom stereocenters. The molecule has 0 bridgehead atoms. The van der Waals surface area contributed by atoms with E-state index in [2.05, 4.69) is 0 Å². The maximum Gasteiger partial charge on any atom is 0.163 e. The van der Waals surface area contributed by atoms with Crippen LogP contribution in [-0.2, 0) is 9.47 Å². The summed E-state index contributed by atoms with van der Waals surface area (Å²) in [7, 11) is 0. The zero-order valence-electron chi connectivity index (χ0n) is 6.31. The summed E-state index contributed by atoms with van der Waals surface area (Å²) in [6, 6.07) is 0. The fourth-order valence-electron chi connectivity index (χ4n) is 0.763. The Bertz CT molecular complexity index is 103. The molecular weight excluding hydrogens is 104 g/mol. The van der Waals surface area contributed by atoms with Gasteiger partial charge < -0.3 is 9.47 Å². The van der Waals surface area contributed by atoms with Crippen LogP contribution < -0.4 is 0 Å². The summed E-state index contributed by atoms with van der Waals surface area (Å²) >= 11 is 0. The molecule has 0 N–H and O–H groups in total. The smallest absolute Gasteiger partial charge is 0.163 e. The fraction of sp³-hybridized carbons (Fsp3) is 1.00. The van der Waals surface area contributed by atoms with E-state index in [0.717, 1.165) is 0 Å². The molecule has 1 aliphatic rings. The van der Waals surface area contributed by atoms with Crippen molar-refractivity contribution < 1.29 is 10.8 Å². The highest BCUT2D eigenvalue weighted by molar-refractivity contribution is 4.65. The zero-order chi connectivity index (χ0) is 6.91. The van der Waals surface area contributed by atoms with Gasteiger partial charge in [-0.15, -0.1) is 0 Å². The van der Waals surface area contributed by atoms with E-state index >= 15 is 0 Å². The number of hydrogen-bond acceptors (Lipinski definition) is 2. The molecule has 1 rings (SSSR count). The van der Waals surface area contributed by atoms with Crippen molar-refractivity contribution in [2.45, 2.75) is 32.6 Å². The Labute approximate surface area is 51.2 Å². The molecule has 0 amide bonds. The van der Waals surface area contributed by atoms with E-state index in [1.165, 1.54) is 0 Å². The molecule has 48 valence electrons. The van der Waals surface area contributed by atoms with E-state index in [0.29, 0.717) is 13.5 Å². The van der Waals surface area contributed by atoms with Crippen LogP contribution in [0.15, 0.2) is 0 Å². The Balaban J connectivity index is 2.38. The summed E-state index contributed by atoms with van der Waals surface area (Å²) in [6.07, 6.45) is -0.0139. The second-order valence-corrected chi connectivity index (χ2v) is 2.45. The highest BCUT2D eigenvalue weighted by Gasteiger charge is 2.29. The van der Waals surface area contributed by atoms with Gasteiger partial charge in [0.25, 0.3) is 0 Å². The molecule has 1 saturated heterocycles. The van der Waals surface area contributed by atoms with Gasteiger partial charge in [0.1, 0.15) is 0 Å². The van der Waals surface area contributed by atoms with Crippen LogP contribution in [0.3, 0.4) is 0 Å². The topological polar surface area (TPSA) is 18.5 Å². The lowest BCUT2D eigenvalue weighted by atomic mass is 10.4. The Kier molecular flexibility index (Phi) is 1.02. The van der Waals surface area contributed by atoms with Crippen LogP contribution in [0.2, 0.25) is 0 Å². The van der Waals surface area contributed by atoms with Crippen molar-refractivity contribution in [3.63, 3.8) is 0 Å². The van der Waals surface area contributed by atoms with Crippen molar-refractivity contribution in [3.05, 3.63) is 0 Å². The lowest BCUT2D eigenvalue weighted by Crippen LogP contribution is -2.20. The molecule has 1 fully saturated rings. The van der Waals surface area contributed by atoms with E-state index in [-0.39, 0.29) is 6.10 Å². The first-order valence-electron chi connectivity index (χ1n) is 3.46. The van der Waals surface area contributed by atoms with Gasteiger partial charge in [0.05, 0.1) is 12.7 Å². The fourth-order valence-corrected chi connectivity index (χ4v) is 0.763. The largest absolute Gasteiger partial charge is 0.348 e. The average molecular weight is 117 g/mol. The Morgan fingerprint density at radius 3 is 2.75 bits per heavy atom. The number of hydrogen-bond donors (Lipinski definition) is 0. The van der Waals surface area contributed by atoms with Crippen molar-refractivity contribution in [3.8, 4) is 0 Å². The molecule has 0 aliphatic carbocycles. The van der Waals surface area contributed by atoms with E-state index in [9.17, 15) is 0 Å². The van der Waals surface area contributed by atoms with Crippen molar-refractivity contribution in [2.24, 2.45) is 0 Å². The van der Waals surface area contributed by atoms with Gasteiger partial charge in [-0.3, -0.25) is 0 Å². The molecule has 0 aromatic rings. The third kappa shape index (κ3) is 1.20. The molecule has 0 saturated carbocycles. The van der Waals surface area contributed by atoms with Gasteiger partial charge in [-0.25, -0.2) is 0 Å². The second kappa shape index (κ2) is 1.71. The standard InChI is InChI=1S/C6H12O2/c1-5-4-7-6(2,3)8-5/h5H,4H2,1-3H3/i1D. The molecule has 1 heterocycles. The van der Waals surface area contributed by atoms with Crippen molar-refractivity contribution in [1.29, 1.82) is 0 Å². The summed E-state index contributed by atoms with van der Waals surface area (Å²) in [5.74, 6) is -0.453. The quantitative estimate of drug-likeness (QED) is 0.474. The van der Waals surface area contributed by atoms with Crippen molar-refractivity contribution in [2.75, 3.05) is 6.61 Å². The average Bonchev–Trinajstić information content (AvgIpc) is 2.10.